The highest BCUT2D eigenvalue weighted by Gasteiger charge is 2.34. The van der Waals surface area contributed by atoms with Crippen LogP contribution in [0.2, 0.25) is 0 Å². The molecule has 0 aliphatic heterocycles. The van der Waals surface area contributed by atoms with Crippen LogP contribution in [0.4, 0.5) is 19.1 Å². The van der Waals surface area contributed by atoms with E-state index in [0.717, 1.165) is 10.6 Å². The number of halogens is 3. The van der Waals surface area contributed by atoms with E-state index in [4.69, 9.17) is 5.73 Å². The average molecular weight is 202 g/mol. The van der Waals surface area contributed by atoms with Crippen LogP contribution >= 0.6 is 0 Å². The smallest absolute Gasteiger partial charge is 0.369 e. The summed E-state index contributed by atoms with van der Waals surface area (Å²) in [4.78, 5) is 7.00. The zero-order valence-electron chi connectivity index (χ0n) is 6.78. The number of rotatable bonds is 0. The van der Waals surface area contributed by atoms with E-state index >= 15 is 0 Å². The standard InChI is InChI=1S/C7H5F3N4/c8-7(9,10)4-3-14-5(13-4)1-2-12-6(14)11/h1-3H,(H2,11,12). The number of hydrogen-bond donors (Lipinski definition) is 1. The van der Waals surface area contributed by atoms with Gasteiger partial charge in [0, 0.05) is 12.4 Å². The van der Waals surface area contributed by atoms with E-state index in [1.165, 1.54) is 12.3 Å². The molecule has 0 saturated carbocycles. The van der Waals surface area contributed by atoms with Crippen LogP contribution in [0.15, 0.2) is 18.5 Å². The zero-order valence-corrected chi connectivity index (χ0v) is 6.78. The lowest BCUT2D eigenvalue weighted by molar-refractivity contribution is -0.140. The minimum absolute atomic E-state index is 0.0227. The normalized spacial score (nSPS) is 12.2. The second kappa shape index (κ2) is 2.60. The summed E-state index contributed by atoms with van der Waals surface area (Å²) in [5.41, 5.74) is 4.51. The molecule has 0 aliphatic carbocycles. The van der Waals surface area contributed by atoms with Gasteiger partial charge >= 0.3 is 6.18 Å². The fourth-order valence-electron chi connectivity index (χ4n) is 1.07. The quantitative estimate of drug-likeness (QED) is 0.701. The first-order valence-electron chi connectivity index (χ1n) is 3.65. The molecular weight excluding hydrogens is 197 g/mol. The lowest BCUT2D eigenvalue weighted by Crippen LogP contribution is -2.04. The van der Waals surface area contributed by atoms with Crippen LogP contribution in [0.3, 0.4) is 0 Å². The molecule has 7 heteroatoms. The highest BCUT2D eigenvalue weighted by atomic mass is 19.4. The van der Waals surface area contributed by atoms with E-state index in [9.17, 15) is 13.2 Å². The van der Waals surface area contributed by atoms with Gasteiger partial charge in [-0.05, 0) is 6.07 Å². The van der Waals surface area contributed by atoms with Gasteiger partial charge in [0.1, 0.15) is 5.65 Å². The van der Waals surface area contributed by atoms with E-state index < -0.39 is 11.9 Å². The Morgan fingerprint density at radius 1 is 1.36 bits per heavy atom. The first kappa shape index (κ1) is 8.79. The summed E-state index contributed by atoms with van der Waals surface area (Å²) in [5, 5.41) is 0. The number of hydrogen-bond acceptors (Lipinski definition) is 3. The van der Waals surface area contributed by atoms with E-state index in [0.29, 0.717) is 0 Å². The van der Waals surface area contributed by atoms with Crippen LogP contribution in [0.5, 0.6) is 0 Å². The van der Waals surface area contributed by atoms with Crippen molar-refractivity contribution >= 4 is 11.6 Å². The molecule has 0 aromatic carbocycles. The fourth-order valence-corrected chi connectivity index (χ4v) is 1.07. The summed E-state index contributed by atoms with van der Waals surface area (Å²) in [6, 6.07) is 1.35. The Kier molecular flexibility index (Phi) is 1.63. The van der Waals surface area contributed by atoms with Crippen molar-refractivity contribution < 1.29 is 13.2 Å². The second-order valence-electron chi connectivity index (χ2n) is 2.66. The summed E-state index contributed by atoms with van der Waals surface area (Å²) in [5.74, 6) is -0.0227. The summed E-state index contributed by atoms with van der Waals surface area (Å²) in [6.07, 6.45) is -2.34. The fraction of sp³-hybridized carbons (Fsp3) is 0.143. The lowest BCUT2D eigenvalue weighted by atomic mass is 10.5. The van der Waals surface area contributed by atoms with Gasteiger partial charge in [-0.15, -0.1) is 0 Å². The highest BCUT2D eigenvalue weighted by molar-refractivity contribution is 5.44. The molecule has 2 rings (SSSR count). The van der Waals surface area contributed by atoms with E-state index in [1.54, 1.807) is 0 Å². The molecular formula is C7H5F3N4. The molecule has 2 aromatic rings. The summed E-state index contributed by atoms with van der Waals surface area (Å²) >= 11 is 0. The van der Waals surface area contributed by atoms with E-state index in [1.807, 2.05) is 0 Å². The molecule has 4 nitrogen and oxygen atoms in total. The van der Waals surface area contributed by atoms with E-state index in [2.05, 4.69) is 9.97 Å². The van der Waals surface area contributed by atoms with Gasteiger partial charge in [0.25, 0.3) is 0 Å². The first-order valence-corrected chi connectivity index (χ1v) is 3.65. The molecule has 2 heterocycles. The van der Waals surface area contributed by atoms with E-state index in [-0.39, 0.29) is 11.6 Å². The maximum absolute atomic E-state index is 12.2. The van der Waals surface area contributed by atoms with Crippen molar-refractivity contribution in [2.24, 2.45) is 0 Å². The zero-order chi connectivity index (χ0) is 10.3. The van der Waals surface area contributed by atoms with Gasteiger partial charge in [-0.3, -0.25) is 4.40 Å². The third kappa shape index (κ3) is 1.26. The van der Waals surface area contributed by atoms with Gasteiger partial charge < -0.3 is 5.73 Å². The monoisotopic (exact) mass is 202 g/mol. The Labute approximate surface area is 76.2 Å². The molecule has 14 heavy (non-hydrogen) atoms. The predicted molar refractivity (Wildman–Crippen MR) is 42.4 cm³/mol. The number of nitrogen functional groups attached to an aromatic ring is 1. The minimum Gasteiger partial charge on any atom is -0.369 e. The molecule has 2 N–H and O–H groups in total. The van der Waals surface area contributed by atoms with Gasteiger partial charge in [0.15, 0.2) is 5.69 Å². The molecule has 0 atom stereocenters. The van der Waals surface area contributed by atoms with Crippen molar-refractivity contribution in [3.8, 4) is 0 Å². The Morgan fingerprint density at radius 3 is 2.64 bits per heavy atom. The Morgan fingerprint density at radius 2 is 2.07 bits per heavy atom. The largest absolute Gasteiger partial charge is 0.434 e. The number of fused-ring (bicyclic) bond motifs is 1. The van der Waals surface area contributed by atoms with Crippen LogP contribution < -0.4 is 5.73 Å². The van der Waals surface area contributed by atoms with Gasteiger partial charge in [-0.1, -0.05) is 0 Å². The second-order valence-corrected chi connectivity index (χ2v) is 2.66. The van der Waals surface area contributed by atoms with Crippen LogP contribution in [-0.4, -0.2) is 14.4 Å². The van der Waals surface area contributed by atoms with Crippen LogP contribution in [0.1, 0.15) is 5.69 Å². The van der Waals surface area contributed by atoms with Crippen molar-refractivity contribution in [2.45, 2.75) is 6.18 Å². The molecule has 74 valence electrons. The molecule has 0 unspecified atom stereocenters. The molecule has 0 bridgehead atoms. The van der Waals surface area contributed by atoms with Crippen molar-refractivity contribution in [3.63, 3.8) is 0 Å². The molecule has 0 radical (unpaired) electrons. The third-order valence-corrected chi connectivity index (χ3v) is 1.70. The van der Waals surface area contributed by atoms with Crippen LogP contribution in [-0.2, 0) is 6.18 Å². The SMILES string of the molecule is Nc1nccc2nc(C(F)(F)F)cn12. The number of anilines is 1. The third-order valence-electron chi connectivity index (χ3n) is 1.70. The van der Waals surface area contributed by atoms with Crippen molar-refractivity contribution in [1.29, 1.82) is 0 Å². The predicted octanol–water partition coefficient (Wildman–Crippen LogP) is 1.33. The van der Waals surface area contributed by atoms with Crippen molar-refractivity contribution in [2.75, 3.05) is 5.73 Å². The highest BCUT2D eigenvalue weighted by Crippen LogP contribution is 2.28. The number of nitrogens with two attached hydrogens (primary N) is 1. The molecule has 0 aliphatic rings. The molecule has 0 spiro atoms. The van der Waals surface area contributed by atoms with Crippen molar-refractivity contribution in [1.82, 2.24) is 14.4 Å². The van der Waals surface area contributed by atoms with Gasteiger partial charge in [0.2, 0.25) is 5.95 Å². The Bertz CT molecular complexity index is 473. The molecule has 0 amide bonds. The average Bonchev–Trinajstić information content (AvgIpc) is 2.48. The van der Waals surface area contributed by atoms with Gasteiger partial charge in [0.05, 0.1) is 0 Å². The van der Waals surface area contributed by atoms with Crippen LogP contribution in [0.25, 0.3) is 5.65 Å². The number of alkyl halides is 3. The number of aromatic nitrogens is 3. The summed E-state index contributed by atoms with van der Waals surface area (Å²) in [7, 11) is 0. The molecule has 0 fully saturated rings. The summed E-state index contributed by atoms with van der Waals surface area (Å²) in [6.45, 7) is 0. The Hall–Kier alpha value is -1.79. The number of imidazole rings is 1. The van der Waals surface area contributed by atoms with Gasteiger partial charge in [-0.25, -0.2) is 9.97 Å². The maximum atomic E-state index is 12.2. The minimum atomic E-state index is -4.46. The molecule has 2 aromatic heterocycles. The lowest BCUT2D eigenvalue weighted by Gasteiger charge is -1.98. The first-order chi connectivity index (χ1) is 6.48. The van der Waals surface area contributed by atoms with Crippen molar-refractivity contribution in [3.05, 3.63) is 24.2 Å². The van der Waals surface area contributed by atoms with Crippen LogP contribution in [0, 0.1) is 0 Å². The topological polar surface area (TPSA) is 56.2 Å². The Balaban J connectivity index is 2.69. The summed E-state index contributed by atoms with van der Waals surface area (Å²) < 4.78 is 37.7. The number of nitrogens with zero attached hydrogens (tertiary/aromatic N) is 3. The maximum Gasteiger partial charge on any atom is 0.434 e. The molecule has 0 saturated heterocycles. The van der Waals surface area contributed by atoms with Gasteiger partial charge in [-0.2, -0.15) is 13.2 Å².